The minimum Gasteiger partial charge on any atom is -0.452 e. The average molecular weight is 422 g/mol. The van der Waals surface area contributed by atoms with Crippen LogP contribution < -0.4 is 15.2 Å². The van der Waals surface area contributed by atoms with E-state index < -0.39 is 21.7 Å². The molecule has 0 aliphatic rings. The highest BCUT2D eigenvalue weighted by Gasteiger charge is 2.14. The number of rotatable bonds is 6. The maximum Gasteiger partial charge on any atom is 0.229 e. The Morgan fingerprint density at radius 3 is 2.25 bits per heavy atom. The van der Waals surface area contributed by atoms with Crippen LogP contribution in [-0.4, -0.2) is 14.7 Å². The van der Waals surface area contributed by atoms with E-state index in [0.29, 0.717) is 11.8 Å². The van der Waals surface area contributed by atoms with E-state index in [9.17, 15) is 17.2 Å². The first-order valence-corrected chi connectivity index (χ1v) is 10.7. The highest BCUT2D eigenvalue weighted by Crippen LogP contribution is 2.37. The van der Waals surface area contributed by atoms with Crippen LogP contribution in [0.15, 0.2) is 70.5 Å². The number of benzene rings is 3. The Morgan fingerprint density at radius 1 is 0.929 bits per heavy atom. The Morgan fingerprint density at radius 2 is 1.61 bits per heavy atom. The molecule has 0 atom stereocenters. The number of halogens is 2. The first-order valence-electron chi connectivity index (χ1n) is 7.98. The van der Waals surface area contributed by atoms with E-state index in [1.165, 1.54) is 17.8 Å². The first-order chi connectivity index (χ1) is 13.2. The third-order valence-electron chi connectivity index (χ3n) is 3.48. The van der Waals surface area contributed by atoms with Crippen molar-refractivity contribution in [3.8, 4) is 11.5 Å². The third kappa shape index (κ3) is 5.37. The van der Waals surface area contributed by atoms with Crippen LogP contribution in [0, 0.1) is 11.6 Å². The van der Waals surface area contributed by atoms with Crippen LogP contribution >= 0.6 is 11.8 Å². The van der Waals surface area contributed by atoms with Crippen molar-refractivity contribution in [2.75, 3.05) is 16.7 Å². The van der Waals surface area contributed by atoms with E-state index in [-0.39, 0.29) is 17.2 Å². The summed E-state index contributed by atoms with van der Waals surface area (Å²) in [5.74, 6) is -1.79. The van der Waals surface area contributed by atoms with Gasteiger partial charge in [0.2, 0.25) is 10.0 Å². The van der Waals surface area contributed by atoms with Crippen LogP contribution in [0.3, 0.4) is 0 Å². The summed E-state index contributed by atoms with van der Waals surface area (Å²) in [4.78, 5) is 1.62. The highest BCUT2D eigenvalue weighted by molar-refractivity contribution is 7.99. The zero-order valence-electron chi connectivity index (χ0n) is 14.6. The van der Waals surface area contributed by atoms with Crippen LogP contribution in [0.25, 0.3) is 0 Å². The molecule has 0 bridgehead atoms. The number of anilines is 2. The van der Waals surface area contributed by atoms with Crippen molar-refractivity contribution in [2.24, 2.45) is 0 Å². The second-order valence-corrected chi connectivity index (χ2v) is 8.78. The first kappa shape index (κ1) is 20.0. The number of hydrogen-bond donors (Lipinski definition) is 2. The predicted octanol–water partition coefficient (Wildman–Crippen LogP) is 4.86. The van der Waals surface area contributed by atoms with Gasteiger partial charge in [0.15, 0.2) is 17.3 Å². The summed E-state index contributed by atoms with van der Waals surface area (Å²) < 4.78 is 58.2. The van der Waals surface area contributed by atoms with Crippen molar-refractivity contribution in [3.63, 3.8) is 0 Å². The van der Waals surface area contributed by atoms with Gasteiger partial charge in [-0.05, 0) is 54.6 Å². The van der Waals surface area contributed by atoms with E-state index >= 15 is 0 Å². The van der Waals surface area contributed by atoms with Gasteiger partial charge in [0.05, 0.1) is 11.9 Å². The van der Waals surface area contributed by atoms with E-state index in [1.807, 2.05) is 12.1 Å². The molecular formula is C19H16F2N2O3S2. The van der Waals surface area contributed by atoms with Crippen molar-refractivity contribution in [1.29, 1.82) is 0 Å². The SMILES string of the molecule is CS(=O)(=O)Nc1ccc(Sc2ccc(N)cc2)cc1Oc1ccc(F)cc1F. The van der Waals surface area contributed by atoms with E-state index in [2.05, 4.69) is 4.72 Å². The lowest BCUT2D eigenvalue weighted by atomic mass is 10.3. The van der Waals surface area contributed by atoms with Gasteiger partial charge >= 0.3 is 0 Å². The van der Waals surface area contributed by atoms with Gasteiger partial charge in [0.25, 0.3) is 0 Å². The molecule has 0 aromatic heterocycles. The number of nitrogen functional groups attached to an aromatic ring is 1. The summed E-state index contributed by atoms with van der Waals surface area (Å²) in [7, 11) is -3.59. The van der Waals surface area contributed by atoms with E-state index in [1.54, 1.807) is 24.3 Å². The summed E-state index contributed by atoms with van der Waals surface area (Å²) in [6.45, 7) is 0. The molecule has 0 aliphatic carbocycles. The molecule has 0 fully saturated rings. The maximum absolute atomic E-state index is 14.0. The molecule has 28 heavy (non-hydrogen) atoms. The standard InChI is InChI=1S/C19H16F2N2O3S2/c1-28(24,25)23-17-8-7-15(27-14-5-3-13(22)4-6-14)11-19(17)26-18-9-2-12(20)10-16(18)21/h2-11,23H,22H2,1H3. The second-order valence-electron chi connectivity index (χ2n) is 5.88. The molecule has 5 nitrogen and oxygen atoms in total. The lowest BCUT2D eigenvalue weighted by Gasteiger charge is -2.14. The van der Waals surface area contributed by atoms with Gasteiger partial charge in [-0.15, -0.1) is 0 Å². The van der Waals surface area contributed by atoms with Gasteiger partial charge in [0, 0.05) is 21.5 Å². The highest BCUT2D eigenvalue weighted by atomic mass is 32.2. The lowest BCUT2D eigenvalue weighted by molar-refractivity contribution is 0.438. The molecule has 0 spiro atoms. The molecule has 146 valence electrons. The van der Waals surface area contributed by atoms with Crippen LogP contribution in [-0.2, 0) is 10.0 Å². The zero-order valence-corrected chi connectivity index (χ0v) is 16.3. The molecule has 3 aromatic rings. The van der Waals surface area contributed by atoms with Gasteiger partial charge in [-0.25, -0.2) is 17.2 Å². The average Bonchev–Trinajstić information content (AvgIpc) is 2.60. The number of ether oxygens (including phenoxy) is 1. The van der Waals surface area contributed by atoms with Crippen LogP contribution in [0.2, 0.25) is 0 Å². The van der Waals surface area contributed by atoms with Gasteiger partial charge in [-0.3, -0.25) is 4.72 Å². The third-order valence-corrected chi connectivity index (χ3v) is 5.07. The van der Waals surface area contributed by atoms with E-state index in [4.69, 9.17) is 10.5 Å². The van der Waals surface area contributed by atoms with Crippen LogP contribution in [0.1, 0.15) is 0 Å². The molecule has 0 unspecified atom stereocenters. The van der Waals surface area contributed by atoms with Crippen molar-refractivity contribution >= 4 is 33.2 Å². The Balaban J connectivity index is 1.96. The normalized spacial score (nSPS) is 11.2. The fourth-order valence-corrected chi connectivity index (χ4v) is 3.70. The molecular weight excluding hydrogens is 406 g/mol. The van der Waals surface area contributed by atoms with E-state index in [0.717, 1.165) is 28.2 Å². The monoisotopic (exact) mass is 422 g/mol. The molecule has 0 aliphatic heterocycles. The van der Waals surface area contributed by atoms with Gasteiger partial charge in [0.1, 0.15) is 5.82 Å². The molecule has 3 rings (SSSR count). The summed E-state index contributed by atoms with van der Waals surface area (Å²) in [5, 5.41) is 0. The number of hydrogen-bond acceptors (Lipinski definition) is 5. The van der Waals surface area contributed by atoms with Crippen molar-refractivity contribution in [1.82, 2.24) is 0 Å². The summed E-state index contributed by atoms with van der Waals surface area (Å²) in [6, 6.07) is 14.8. The fourth-order valence-electron chi connectivity index (χ4n) is 2.28. The molecule has 3 N–H and O–H groups in total. The number of nitrogens with two attached hydrogens (primary N) is 1. The summed E-state index contributed by atoms with van der Waals surface area (Å²) >= 11 is 1.39. The summed E-state index contributed by atoms with van der Waals surface area (Å²) in [5.41, 5.74) is 6.44. The predicted molar refractivity (Wildman–Crippen MR) is 106 cm³/mol. The maximum atomic E-state index is 14.0. The molecule has 0 heterocycles. The fraction of sp³-hybridized carbons (Fsp3) is 0.0526. The molecule has 0 saturated carbocycles. The molecule has 0 amide bonds. The van der Waals surface area contributed by atoms with Crippen molar-refractivity contribution in [2.45, 2.75) is 9.79 Å². The zero-order chi connectivity index (χ0) is 20.3. The van der Waals surface area contributed by atoms with Crippen LogP contribution in [0.4, 0.5) is 20.2 Å². The Bertz CT molecular complexity index is 1100. The van der Waals surface area contributed by atoms with Gasteiger partial charge < -0.3 is 10.5 Å². The number of nitrogens with one attached hydrogen (secondary N) is 1. The van der Waals surface area contributed by atoms with Gasteiger partial charge in [-0.2, -0.15) is 0 Å². The Labute approximate surface area is 165 Å². The largest absolute Gasteiger partial charge is 0.452 e. The summed E-state index contributed by atoms with van der Waals surface area (Å²) in [6.07, 6.45) is 0.992. The minimum atomic E-state index is -3.59. The van der Waals surface area contributed by atoms with Gasteiger partial charge in [-0.1, -0.05) is 11.8 Å². The molecule has 0 radical (unpaired) electrons. The second kappa shape index (κ2) is 8.07. The lowest BCUT2D eigenvalue weighted by Crippen LogP contribution is -2.10. The number of sulfonamides is 1. The van der Waals surface area contributed by atoms with Crippen molar-refractivity contribution in [3.05, 3.63) is 72.3 Å². The van der Waals surface area contributed by atoms with Crippen LogP contribution in [0.5, 0.6) is 11.5 Å². The Hall–Kier alpha value is -2.78. The molecule has 0 saturated heterocycles. The molecule has 3 aromatic carbocycles. The molecule has 9 heteroatoms. The topological polar surface area (TPSA) is 81.4 Å². The minimum absolute atomic E-state index is 0.0800. The van der Waals surface area contributed by atoms with Crippen molar-refractivity contribution < 1.29 is 21.9 Å². The smallest absolute Gasteiger partial charge is 0.229 e. The quantitative estimate of drug-likeness (QED) is 0.555. The Kier molecular flexibility index (Phi) is 5.76.